The first kappa shape index (κ1) is 15.5. The van der Waals surface area contributed by atoms with E-state index in [1.54, 1.807) is 4.90 Å². The molecule has 1 heterocycles. The summed E-state index contributed by atoms with van der Waals surface area (Å²) in [6, 6.07) is 29.9. The summed E-state index contributed by atoms with van der Waals surface area (Å²) in [5.41, 5.74) is 2.31. The summed E-state index contributed by atoms with van der Waals surface area (Å²) in [4.78, 5) is 14.4. The average molecular weight is 329 g/mol. The summed E-state index contributed by atoms with van der Waals surface area (Å²) in [5, 5.41) is 0. The first-order chi connectivity index (χ1) is 12.3. The number of ether oxygens (including phenoxy) is 1. The molecule has 0 unspecified atom stereocenters. The zero-order valence-electron chi connectivity index (χ0n) is 13.8. The van der Waals surface area contributed by atoms with E-state index in [1.165, 1.54) is 0 Å². The van der Waals surface area contributed by atoms with Crippen LogP contribution < -0.4 is 0 Å². The van der Waals surface area contributed by atoms with E-state index in [-0.39, 0.29) is 6.09 Å². The molecule has 1 amide bonds. The molecule has 1 aliphatic heterocycles. The fourth-order valence-corrected chi connectivity index (χ4v) is 3.39. The van der Waals surface area contributed by atoms with Gasteiger partial charge in [0.15, 0.2) is 5.60 Å². The second-order valence-electron chi connectivity index (χ2n) is 6.27. The summed E-state index contributed by atoms with van der Waals surface area (Å²) in [6.07, 6.45) is -0.281. The molecule has 3 aromatic rings. The van der Waals surface area contributed by atoms with E-state index in [9.17, 15) is 4.79 Å². The maximum atomic E-state index is 12.6. The largest absolute Gasteiger partial charge is 0.431 e. The highest BCUT2D eigenvalue weighted by atomic mass is 16.6. The Morgan fingerprint density at radius 2 is 1.24 bits per heavy atom. The van der Waals surface area contributed by atoms with Gasteiger partial charge < -0.3 is 4.74 Å². The summed E-state index contributed by atoms with van der Waals surface area (Å²) >= 11 is 0. The van der Waals surface area contributed by atoms with Gasteiger partial charge in [-0.3, -0.25) is 4.90 Å². The van der Waals surface area contributed by atoms with E-state index < -0.39 is 5.60 Å². The third-order valence-electron chi connectivity index (χ3n) is 4.63. The zero-order valence-corrected chi connectivity index (χ0v) is 13.8. The van der Waals surface area contributed by atoms with Crippen molar-refractivity contribution in [2.45, 2.75) is 12.1 Å². The van der Waals surface area contributed by atoms with Crippen molar-refractivity contribution >= 4 is 6.09 Å². The predicted molar refractivity (Wildman–Crippen MR) is 97.0 cm³/mol. The van der Waals surface area contributed by atoms with E-state index in [2.05, 4.69) is 0 Å². The van der Waals surface area contributed by atoms with Crippen LogP contribution in [0.1, 0.15) is 16.7 Å². The molecule has 0 atom stereocenters. The molecule has 0 N–H and O–H groups in total. The molecule has 4 rings (SSSR count). The van der Waals surface area contributed by atoms with Crippen LogP contribution in [0.3, 0.4) is 0 Å². The zero-order chi connectivity index (χ0) is 17.1. The number of amides is 1. The van der Waals surface area contributed by atoms with Crippen LogP contribution in [-0.4, -0.2) is 17.5 Å². The Balaban J connectivity index is 1.72. The molecule has 0 radical (unpaired) electrons. The van der Waals surface area contributed by atoms with Crippen LogP contribution in [0.2, 0.25) is 0 Å². The van der Waals surface area contributed by atoms with Gasteiger partial charge in [-0.05, 0) is 5.56 Å². The van der Waals surface area contributed by atoms with E-state index in [0.717, 1.165) is 16.7 Å². The molecule has 0 aliphatic carbocycles. The smallest absolute Gasteiger partial charge is 0.411 e. The molecule has 0 saturated carbocycles. The first-order valence-corrected chi connectivity index (χ1v) is 8.41. The molecule has 3 nitrogen and oxygen atoms in total. The van der Waals surface area contributed by atoms with Gasteiger partial charge in [-0.25, -0.2) is 4.79 Å². The van der Waals surface area contributed by atoms with Crippen molar-refractivity contribution in [1.82, 2.24) is 4.90 Å². The second-order valence-corrected chi connectivity index (χ2v) is 6.27. The third kappa shape index (κ3) is 2.89. The molecule has 0 spiro atoms. The second kappa shape index (κ2) is 6.44. The summed E-state index contributed by atoms with van der Waals surface area (Å²) < 4.78 is 5.99. The molecule has 0 bridgehead atoms. The van der Waals surface area contributed by atoms with Crippen LogP contribution in [0, 0.1) is 0 Å². The van der Waals surface area contributed by atoms with Crippen LogP contribution in [0.25, 0.3) is 0 Å². The summed E-state index contributed by atoms with van der Waals surface area (Å²) in [5.74, 6) is 0. The van der Waals surface area contributed by atoms with E-state index >= 15 is 0 Å². The maximum absolute atomic E-state index is 12.6. The van der Waals surface area contributed by atoms with E-state index in [4.69, 9.17) is 4.74 Å². The normalized spacial score (nSPS) is 15.8. The lowest BCUT2D eigenvalue weighted by molar-refractivity contribution is 0.0858. The minimum atomic E-state index is -0.769. The number of cyclic esters (lactones) is 1. The average Bonchev–Trinajstić information content (AvgIpc) is 3.01. The molecule has 1 aliphatic rings. The molecular weight excluding hydrogens is 310 g/mol. The minimum absolute atomic E-state index is 0.281. The quantitative estimate of drug-likeness (QED) is 0.701. The topological polar surface area (TPSA) is 29.5 Å². The predicted octanol–water partition coefficient (Wildman–Crippen LogP) is 4.58. The Kier molecular flexibility index (Phi) is 3.98. The van der Waals surface area contributed by atoms with Crippen molar-refractivity contribution in [2.75, 3.05) is 6.54 Å². The van der Waals surface area contributed by atoms with Crippen molar-refractivity contribution < 1.29 is 9.53 Å². The Hall–Kier alpha value is -3.07. The van der Waals surface area contributed by atoms with Crippen molar-refractivity contribution in [3.8, 4) is 0 Å². The lowest BCUT2D eigenvalue weighted by atomic mass is 9.86. The van der Waals surface area contributed by atoms with Crippen molar-refractivity contribution in [1.29, 1.82) is 0 Å². The Bertz CT molecular complexity index is 807. The fourth-order valence-electron chi connectivity index (χ4n) is 3.39. The maximum Gasteiger partial charge on any atom is 0.411 e. The van der Waals surface area contributed by atoms with Gasteiger partial charge in [-0.1, -0.05) is 91.0 Å². The summed E-state index contributed by atoms with van der Waals surface area (Å²) in [6.45, 7) is 1.04. The summed E-state index contributed by atoms with van der Waals surface area (Å²) in [7, 11) is 0. The number of carbonyl (C=O) groups excluding carboxylic acids is 1. The molecule has 25 heavy (non-hydrogen) atoms. The van der Waals surface area contributed by atoms with Gasteiger partial charge in [0.25, 0.3) is 0 Å². The van der Waals surface area contributed by atoms with Gasteiger partial charge in [0.2, 0.25) is 0 Å². The number of hydrogen-bond acceptors (Lipinski definition) is 2. The number of hydrogen-bond donors (Lipinski definition) is 0. The van der Waals surface area contributed by atoms with Crippen LogP contribution in [-0.2, 0) is 16.9 Å². The van der Waals surface area contributed by atoms with Crippen molar-refractivity contribution in [2.24, 2.45) is 0 Å². The minimum Gasteiger partial charge on any atom is -0.431 e. The highest BCUT2D eigenvalue weighted by molar-refractivity contribution is 5.72. The van der Waals surface area contributed by atoms with Crippen LogP contribution in [0.15, 0.2) is 91.0 Å². The van der Waals surface area contributed by atoms with Gasteiger partial charge in [-0.15, -0.1) is 0 Å². The highest BCUT2D eigenvalue weighted by Gasteiger charge is 2.47. The Morgan fingerprint density at radius 1 is 0.760 bits per heavy atom. The lowest BCUT2D eigenvalue weighted by Gasteiger charge is -2.28. The molecule has 1 fully saturated rings. The number of nitrogens with zero attached hydrogens (tertiary/aromatic N) is 1. The van der Waals surface area contributed by atoms with E-state index in [1.807, 2.05) is 91.0 Å². The highest BCUT2D eigenvalue weighted by Crippen LogP contribution is 2.39. The first-order valence-electron chi connectivity index (χ1n) is 8.41. The van der Waals surface area contributed by atoms with Gasteiger partial charge in [0, 0.05) is 17.7 Å². The standard InChI is InChI=1S/C22H19NO2/c24-21-23(16-18-10-4-1-5-11-18)17-22(25-21,19-12-6-2-7-13-19)20-14-8-3-9-15-20/h1-15H,16-17H2. The van der Waals surface area contributed by atoms with Gasteiger partial charge in [-0.2, -0.15) is 0 Å². The Labute approximate surface area is 147 Å². The van der Waals surface area contributed by atoms with Crippen molar-refractivity contribution in [3.63, 3.8) is 0 Å². The molecule has 3 aromatic carbocycles. The number of benzene rings is 3. The lowest BCUT2D eigenvalue weighted by Crippen LogP contribution is -2.33. The number of rotatable bonds is 4. The van der Waals surface area contributed by atoms with Gasteiger partial charge in [0.05, 0.1) is 6.54 Å². The molecule has 124 valence electrons. The molecule has 0 aromatic heterocycles. The van der Waals surface area contributed by atoms with Gasteiger partial charge in [0.1, 0.15) is 0 Å². The SMILES string of the molecule is O=C1OC(c2ccccc2)(c2ccccc2)CN1Cc1ccccc1. The van der Waals surface area contributed by atoms with E-state index in [0.29, 0.717) is 13.1 Å². The van der Waals surface area contributed by atoms with Gasteiger partial charge >= 0.3 is 6.09 Å². The molecule has 1 saturated heterocycles. The molecule has 3 heteroatoms. The number of carbonyl (C=O) groups is 1. The third-order valence-corrected chi connectivity index (χ3v) is 4.63. The van der Waals surface area contributed by atoms with Crippen LogP contribution in [0.5, 0.6) is 0 Å². The van der Waals surface area contributed by atoms with Crippen LogP contribution >= 0.6 is 0 Å². The van der Waals surface area contributed by atoms with Crippen LogP contribution in [0.4, 0.5) is 4.79 Å². The molecular formula is C22H19NO2. The Morgan fingerprint density at radius 3 is 1.76 bits per heavy atom. The fraction of sp³-hybridized carbons (Fsp3) is 0.136. The monoisotopic (exact) mass is 329 g/mol. The van der Waals surface area contributed by atoms with Crippen molar-refractivity contribution in [3.05, 3.63) is 108 Å².